The molecule has 0 fully saturated rings. The molecule has 96 valence electrons. The summed E-state index contributed by atoms with van der Waals surface area (Å²) < 4.78 is 10.8. The molecule has 0 bridgehead atoms. The van der Waals surface area contributed by atoms with Crippen LogP contribution in [-0.2, 0) is 4.74 Å². The van der Waals surface area contributed by atoms with Crippen molar-refractivity contribution in [2.45, 2.75) is 33.2 Å². The van der Waals surface area contributed by atoms with E-state index < -0.39 is 0 Å². The fourth-order valence-electron chi connectivity index (χ4n) is 1.71. The van der Waals surface area contributed by atoms with Gasteiger partial charge in [-0.25, -0.2) is 0 Å². The lowest BCUT2D eigenvalue weighted by atomic mass is 10.1. The lowest BCUT2D eigenvalue weighted by molar-refractivity contribution is 0.184. The maximum atomic E-state index is 5.64. The smallest absolute Gasteiger partial charge is 0.142 e. The SMILES string of the molecule is CCOc1cc(C)ccc1NC(CC)COC. The van der Waals surface area contributed by atoms with Gasteiger partial charge in [-0.3, -0.25) is 0 Å². The van der Waals surface area contributed by atoms with Crippen LogP contribution in [0.4, 0.5) is 5.69 Å². The van der Waals surface area contributed by atoms with Crippen molar-refractivity contribution in [1.29, 1.82) is 0 Å². The standard InChI is InChI=1S/C14H23NO2/c1-5-12(10-16-4)15-13-8-7-11(3)9-14(13)17-6-2/h7-9,12,15H,5-6,10H2,1-4H3. The van der Waals surface area contributed by atoms with Crippen molar-refractivity contribution in [3.63, 3.8) is 0 Å². The molecule has 0 aromatic heterocycles. The number of ether oxygens (including phenoxy) is 2. The summed E-state index contributed by atoms with van der Waals surface area (Å²) in [5.41, 5.74) is 2.25. The van der Waals surface area contributed by atoms with Gasteiger partial charge in [0.15, 0.2) is 0 Å². The molecule has 0 heterocycles. The Bertz CT molecular complexity index is 339. The van der Waals surface area contributed by atoms with Gasteiger partial charge in [0.2, 0.25) is 0 Å². The number of nitrogens with one attached hydrogen (secondary N) is 1. The fraction of sp³-hybridized carbons (Fsp3) is 0.571. The Morgan fingerprint density at radius 2 is 2.06 bits per heavy atom. The largest absolute Gasteiger partial charge is 0.492 e. The summed E-state index contributed by atoms with van der Waals surface area (Å²) in [5, 5.41) is 3.46. The van der Waals surface area contributed by atoms with Gasteiger partial charge in [-0.15, -0.1) is 0 Å². The normalized spacial score (nSPS) is 12.2. The Morgan fingerprint density at radius 1 is 1.29 bits per heavy atom. The first-order chi connectivity index (χ1) is 8.21. The Kier molecular flexibility index (Phi) is 5.84. The van der Waals surface area contributed by atoms with E-state index in [2.05, 4.69) is 37.4 Å². The lowest BCUT2D eigenvalue weighted by Gasteiger charge is -2.20. The van der Waals surface area contributed by atoms with Crippen molar-refractivity contribution < 1.29 is 9.47 Å². The van der Waals surface area contributed by atoms with E-state index in [1.54, 1.807) is 7.11 Å². The summed E-state index contributed by atoms with van der Waals surface area (Å²) in [6.07, 6.45) is 1.02. The summed E-state index contributed by atoms with van der Waals surface area (Å²) in [4.78, 5) is 0. The van der Waals surface area contributed by atoms with Gasteiger partial charge >= 0.3 is 0 Å². The van der Waals surface area contributed by atoms with E-state index in [9.17, 15) is 0 Å². The lowest BCUT2D eigenvalue weighted by Crippen LogP contribution is -2.24. The number of anilines is 1. The molecule has 17 heavy (non-hydrogen) atoms. The first kappa shape index (κ1) is 13.8. The third kappa shape index (κ3) is 4.27. The second-order valence-electron chi connectivity index (χ2n) is 4.14. The summed E-state index contributed by atoms with van der Waals surface area (Å²) >= 11 is 0. The predicted octanol–water partition coefficient (Wildman–Crippen LogP) is 3.23. The highest BCUT2D eigenvalue weighted by atomic mass is 16.5. The maximum absolute atomic E-state index is 5.64. The quantitative estimate of drug-likeness (QED) is 0.789. The van der Waals surface area contributed by atoms with Gasteiger partial charge in [0.05, 0.1) is 18.9 Å². The Labute approximate surface area is 104 Å². The van der Waals surface area contributed by atoms with Crippen LogP contribution in [-0.4, -0.2) is 26.4 Å². The monoisotopic (exact) mass is 237 g/mol. The molecule has 0 aliphatic heterocycles. The van der Waals surface area contributed by atoms with Gasteiger partial charge in [-0.1, -0.05) is 13.0 Å². The molecule has 1 rings (SSSR count). The highest BCUT2D eigenvalue weighted by Gasteiger charge is 2.09. The molecule has 0 aliphatic carbocycles. The number of rotatable bonds is 7. The van der Waals surface area contributed by atoms with E-state index in [-0.39, 0.29) is 0 Å². The zero-order valence-electron chi connectivity index (χ0n) is 11.2. The number of hydrogen-bond donors (Lipinski definition) is 1. The molecule has 0 aliphatic rings. The molecule has 1 unspecified atom stereocenters. The van der Waals surface area contributed by atoms with Crippen molar-refractivity contribution >= 4 is 5.69 Å². The predicted molar refractivity (Wildman–Crippen MR) is 71.9 cm³/mol. The van der Waals surface area contributed by atoms with E-state index >= 15 is 0 Å². The van der Waals surface area contributed by atoms with Crippen LogP contribution in [0.25, 0.3) is 0 Å². The first-order valence-electron chi connectivity index (χ1n) is 6.20. The van der Waals surface area contributed by atoms with Gasteiger partial charge in [0.1, 0.15) is 5.75 Å². The van der Waals surface area contributed by atoms with Gasteiger partial charge < -0.3 is 14.8 Å². The highest BCUT2D eigenvalue weighted by Crippen LogP contribution is 2.26. The summed E-state index contributed by atoms with van der Waals surface area (Å²) in [6, 6.07) is 6.54. The minimum absolute atomic E-state index is 0.321. The molecule has 1 aromatic carbocycles. The summed E-state index contributed by atoms with van der Waals surface area (Å²) in [6.45, 7) is 7.59. The molecule has 0 saturated carbocycles. The molecular formula is C14H23NO2. The van der Waals surface area contributed by atoms with Crippen LogP contribution in [0.2, 0.25) is 0 Å². The molecule has 0 amide bonds. The van der Waals surface area contributed by atoms with Gasteiger partial charge in [0.25, 0.3) is 0 Å². The van der Waals surface area contributed by atoms with E-state index in [0.29, 0.717) is 19.3 Å². The van der Waals surface area contributed by atoms with E-state index in [0.717, 1.165) is 17.9 Å². The minimum atomic E-state index is 0.321. The van der Waals surface area contributed by atoms with Crippen molar-refractivity contribution in [2.75, 3.05) is 25.6 Å². The molecule has 3 nitrogen and oxygen atoms in total. The topological polar surface area (TPSA) is 30.5 Å². The minimum Gasteiger partial charge on any atom is -0.492 e. The summed E-state index contributed by atoms with van der Waals surface area (Å²) in [5.74, 6) is 0.919. The Balaban J connectivity index is 2.80. The van der Waals surface area contributed by atoms with E-state index in [1.165, 1.54) is 5.56 Å². The second-order valence-corrected chi connectivity index (χ2v) is 4.14. The van der Waals surface area contributed by atoms with Crippen molar-refractivity contribution in [2.24, 2.45) is 0 Å². The molecule has 0 saturated heterocycles. The molecule has 1 atom stereocenters. The fourth-order valence-corrected chi connectivity index (χ4v) is 1.71. The number of aryl methyl sites for hydroxylation is 1. The Morgan fingerprint density at radius 3 is 2.65 bits per heavy atom. The van der Waals surface area contributed by atoms with E-state index in [1.807, 2.05) is 6.92 Å². The molecule has 3 heteroatoms. The average molecular weight is 237 g/mol. The van der Waals surface area contributed by atoms with Crippen LogP contribution in [0.15, 0.2) is 18.2 Å². The third-order valence-corrected chi connectivity index (χ3v) is 2.66. The van der Waals surface area contributed by atoms with Gasteiger partial charge in [-0.2, -0.15) is 0 Å². The zero-order chi connectivity index (χ0) is 12.7. The van der Waals surface area contributed by atoms with Crippen LogP contribution >= 0.6 is 0 Å². The number of benzene rings is 1. The van der Waals surface area contributed by atoms with Crippen LogP contribution in [0, 0.1) is 6.92 Å². The second kappa shape index (κ2) is 7.17. The average Bonchev–Trinajstić information content (AvgIpc) is 2.32. The maximum Gasteiger partial charge on any atom is 0.142 e. The number of hydrogen-bond acceptors (Lipinski definition) is 3. The van der Waals surface area contributed by atoms with E-state index in [4.69, 9.17) is 9.47 Å². The molecular weight excluding hydrogens is 214 g/mol. The third-order valence-electron chi connectivity index (χ3n) is 2.66. The number of methoxy groups -OCH3 is 1. The Hall–Kier alpha value is -1.22. The highest BCUT2D eigenvalue weighted by molar-refractivity contribution is 5.58. The molecule has 0 radical (unpaired) electrons. The molecule has 1 N–H and O–H groups in total. The molecule has 0 spiro atoms. The van der Waals surface area contributed by atoms with Crippen molar-refractivity contribution in [1.82, 2.24) is 0 Å². The van der Waals surface area contributed by atoms with Crippen LogP contribution in [0.3, 0.4) is 0 Å². The summed E-state index contributed by atoms with van der Waals surface area (Å²) in [7, 11) is 1.73. The van der Waals surface area contributed by atoms with Crippen LogP contribution in [0.5, 0.6) is 5.75 Å². The first-order valence-corrected chi connectivity index (χ1v) is 6.20. The van der Waals surface area contributed by atoms with Gasteiger partial charge in [-0.05, 0) is 38.0 Å². The van der Waals surface area contributed by atoms with Crippen LogP contribution in [0.1, 0.15) is 25.8 Å². The molecule has 1 aromatic rings. The zero-order valence-corrected chi connectivity index (χ0v) is 11.2. The van der Waals surface area contributed by atoms with Crippen LogP contribution < -0.4 is 10.1 Å². The van der Waals surface area contributed by atoms with Gasteiger partial charge in [0, 0.05) is 13.2 Å². The van der Waals surface area contributed by atoms with Crippen molar-refractivity contribution in [3.05, 3.63) is 23.8 Å². The van der Waals surface area contributed by atoms with Crippen molar-refractivity contribution in [3.8, 4) is 5.75 Å².